The maximum absolute atomic E-state index is 2.81. The first-order chi connectivity index (χ1) is 4.22. The van der Waals surface area contributed by atoms with Crippen molar-refractivity contribution in [2.45, 2.75) is 32.7 Å². The molecule has 1 unspecified atom stereocenters. The van der Waals surface area contributed by atoms with Gasteiger partial charge in [-0.2, -0.15) is 0 Å². The third kappa shape index (κ3) is 1.65. The number of hydrogen-bond donors (Lipinski definition) is 0. The van der Waals surface area contributed by atoms with Crippen molar-refractivity contribution in [3.05, 3.63) is 0 Å². The average molecular weight is 145 g/mol. The molecule has 9 heavy (non-hydrogen) atoms. The Labute approximate surface area is 60.1 Å². The molecule has 1 heterocycles. The van der Waals surface area contributed by atoms with Crippen molar-refractivity contribution in [3.63, 3.8) is 0 Å². The first-order valence-electron chi connectivity index (χ1n) is 3.73. The van der Waals surface area contributed by atoms with Gasteiger partial charge in [-0.15, -0.1) is 0 Å². The van der Waals surface area contributed by atoms with E-state index in [0.29, 0.717) is 0 Å². The van der Waals surface area contributed by atoms with Gasteiger partial charge in [0.05, 0.1) is 0 Å². The SMILES string of the molecule is CC(C)[C@H]1CCCN1P. The smallest absolute Gasteiger partial charge is 0.0153 e. The Morgan fingerprint density at radius 1 is 1.56 bits per heavy atom. The van der Waals surface area contributed by atoms with Crippen LogP contribution in [0.5, 0.6) is 0 Å². The summed E-state index contributed by atoms with van der Waals surface area (Å²) >= 11 is 0. The lowest BCUT2D eigenvalue weighted by Gasteiger charge is -2.22. The second-order valence-corrected chi connectivity index (χ2v) is 3.85. The van der Waals surface area contributed by atoms with E-state index in [1.165, 1.54) is 19.4 Å². The van der Waals surface area contributed by atoms with Gasteiger partial charge in [0.1, 0.15) is 0 Å². The van der Waals surface area contributed by atoms with Crippen LogP contribution in [0.15, 0.2) is 0 Å². The zero-order valence-corrected chi connectivity index (χ0v) is 7.46. The van der Waals surface area contributed by atoms with E-state index in [9.17, 15) is 0 Å². The van der Waals surface area contributed by atoms with E-state index >= 15 is 0 Å². The van der Waals surface area contributed by atoms with Crippen molar-refractivity contribution in [1.29, 1.82) is 0 Å². The molecule has 0 radical (unpaired) electrons. The van der Waals surface area contributed by atoms with E-state index in [1.54, 1.807) is 0 Å². The van der Waals surface area contributed by atoms with Crippen LogP contribution in [-0.2, 0) is 0 Å². The summed E-state index contributed by atoms with van der Waals surface area (Å²) in [5, 5.41) is 0. The van der Waals surface area contributed by atoms with E-state index in [1.807, 2.05) is 0 Å². The van der Waals surface area contributed by atoms with Gasteiger partial charge in [0.25, 0.3) is 0 Å². The zero-order chi connectivity index (χ0) is 6.85. The van der Waals surface area contributed by atoms with Crippen molar-refractivity contribution in [2.24, 2.45) is 5.92 Å². The fourth-order valence-corrected chi connectivity index (χ4v) is 2.21. The number of rotatable bonds is 1. The third-order valence-electron chi connectivity index (χ3n) is 2.11. The van der Waals surface area contributed by atoms with Gasteiger partial charge in [-0.25, -0.2) is 0 Å². The Balaban J connectivity index is 2.40. The Bertz CT molecular complexity index is 92.9. The van der Waals surface area contributed by atoms with E-state index in [4.69, 9.17) is 0 Å². The summed E-state index contributed by atoms with van der Waals surface area (Å²) in [5.41, 5.74) is 0. The molecule has 1 fully saturated rings. The summed E-state index contributed by atoms with van der Waals surface area (Å²) in [6.45, 7) is 5.87. The second kappa shape index (κ2) is 2.98. The van der Waals surface area contributed by atoms with Gasteiger partial charge in [0, 0.05) is 12.6 Å². The summed E-state index contributed by atoms with van der Waals surface area (Å²) in [6.07, 6.45) is 2.77. The maximum atomic E-state index is 2.81. The fourth-order valence-electron chi connectivity index (χ4n) is 1.53. The number of nitrogens with zero attached hydrogens (tertiary/aromatic N) is 1. The Morgan fingerprint density at radius 2 is 2.22 bits per heavy atom. The standard InChI is InChI=1S/C7H16NP/c1-6(2)7-4-3-5-8(7)9/h6-7H,3-5,9H2,1-2H3/t7-/m1/s1. The normalized spacial score (nSPS) is 30.0. The van der Waals surface area contributed by atoms with Gasteiger partial charge < -0.3 is 0 Å². The van der Waals surface area contributed by atoms with Crippen LogP contribution in [0.25, 0.3) is 0 Å². The molecule has 1 nitrogen and oxygen atoms in total. The van der Waals surface area contributed by atoms with Crippen molar-refractivity contribution in [3.8, 4) is 0 Å². The Morgan fingerprint density at radius 3 is 2.44 bits per heavy atom. The van der Waals surface area contributed by atoms with E-state index in [-0.39, 0.29) is 0 Å². The summed E-state index contributed by atoms with van der Waals surface area (Å²) in [6, 6.07) is 0.829. The monoisotopic (exact) mass is 145 g/mol. The number of hydrogen-bond acceptors (Lipinski definition) is 1. The molecule has 1 rings (SSSR count). The molecule has 1 aliphatic rings. The lowest BCUT2D eigenvalue weighted by Crippen LogP contribution is -2.24. The highest BCUT2D eigenvalue weighted by Gasteiger charge is 2.23. The van der Waals surface area contributed by atoms with Crippen molar-refractivity contribution >= 4 is 9.39 Å². The summed E-state index contributed by atoms with van der Waals surface area (Å²) in [7, 11) is 2.81. The zero-order valence-electron chi connectivity index (χ0n) is 6.30. The predicted octanol–water partition coefficient (Wildman–Crippen LogP) is 1.90. The quantitative estimate of drug-likeness (QED) is 0.509. The largest absolute Gasteiger partial charge is 0.284 e. The lowest BCUT2D eigenvalue weighted by atomic mass is 10.0. The molecule has 1 aliphatic heterocycles. The predicted molar refractivity (Wildman–Crippen MR) is 44.3 cm³/mol. The van der Waals surface area contributed by atoms with Gasteiger partial charge in [-0.05, 0) is 18.8 Å². The van der Waals surface area contributed by atoms with E-state index in [0.717, 1.165) is 12.0 Å². The van der Waals surface area contributed by atoms with Gasteiger partial charge in [0.15, 0.2) is 0 Å². The second-order valence-electron chi connectivity index (χ2n) is 3.19. The van der Waals surface area contributed by atoms with Crippen LogP contribution in [-0.4, -0.2) is 17.3 Å². The third-order valence-corrected chi connectivity index (χ3v) is 2.75. The molecule has 0 aromatic carbocycles. The van der Waals surface area contributed by atoms with Crippen molar-refractivity contribution in [1.82, 2.24) is 4.67 Å². The van der Waals surface area contributed by atoms with E-state index in [2.05, 4.69) is 27.9 Å². The molecule has 0 aliphatic carbocycles. The fraction of sp³-hybridized carbons (Fsp3) is 1.00. The minimum atomic E-state index is 0.824. The minimum Gasteiger partial charge on any atom is -0.284 e. The lowest BCUT2D eigenvalue weighted by molar-refractivity contribution is 0.341. The van der Waals surface area contributed by atoms with Crippen LogP contribution >= 0.6 is 9.39 Å². The highest BCUT2D eigenvalue weighted by Crippen LogP contribution is 2.26. The first kappa shape index (κ1) is 7.50. The topological polar surface area (TPSA) is 3.24 Å². The van der Waals surface area contributed by atoms with Crippen LogP contribution in [0, 0.1) is 5.92 Å². The molecule has 2 atom stereocenters. The molecule has 0 aromatic rings. The molecule has 2 heteroatoms. The molecule has 0 N–H and O–H groups in total. The summed E-state index contributed by atoms with van der Waals surface area (Å²) < 4.78 is 2.39. The van der Waals surface area contributed by atoms with Gasteiger partial charge in [-0.3, -0.25) is 4.67 Å². The van der Waals surface area contributed by atoms with Gasteiger partial charge in [-0.1, -0.05) is 23.2 Å². The van der Waals surface area contributed by atoms with Crippen LogP contribution in [0.3, 0.4) is 0 Å². The summed E-state index contributed by atoms with van der Waals surface area (Å²) in [5.74, 6) is 0.824. The van der Waals surface area contributed by atoms with Crippen molar-refractivity contribution in [2.75, 3.05) is 6.54 Å². The first-order valence-corrected chi connectivity index (χ1v) is 4.25. The average Bonchev–Trinajstić information content (AvgIpc) is 2.13. The molecule has 54 valence electrons. The summed E-state index contributed by atoms with van der Waals surface area (Å²) in [4.78, 5) is 0. The molecule has 0 amide bonds. The highest BCUT2D eigenvalue weighted by molar-refractivity contribution is 7.13. The molecule has 0 aromatic heterocycles. The Hall–Kier alpha value is 0.390. The van der Waals surface area contributed by atoms with Crippen LogP contribution in [0.2, 0.25) is 0 Å². The highest BCUT2D eigenvalue weighted by atomic mass is 31.0. The van der Waals surface area contributed by atoms with Crippen molar-refractivity contribution < 1.29 is 0 Å². The van der Waals surface area contributed by atoms with Crippen LogP contribution < -0.4 is 0 Å². The molecule has 0 bridgehead atoms. The molecular formula is C7H16NP. The molecule has 1 saturated heterocycles. The molecule has 0 saturated carbocycles. The molecule has 0 spiro atoms. The van der Waals surface area contributed by atoms with E-state index < -0.39 is 0 Å². The maximum Gasteiger partial charge on any atom is 0.0153 e. The van der Waals surface area contributed by atoms with Gasteiger partial charge in [0.2, 0.25) is 0 Å². The van der Waals surface area contributed by atoms with Crippen LogP contribution in [0.1, 0.15) is 26.7 Å². The van der Waals surface area contributed by atoms with Crippen LogP contribution in [0.4, 0.5) is 0 Å². The minimum absolute atomic E-state index is 0.824. The molecular weight excluding hydrogens is 129 g/mol. The van der Waals surface area contributed by atoms with Gasteiger partial charge >= 0.3 is 0 Å². The Kier molecular flexibility index (Phi) is 2.49.